The van der Waals surface area contributed by atoms with Crippen LogP contribution in [0.2, 0.25) is 0 Å². The molecule has 2 unspecified atom stereocenters. The van der Waals surface area contributed by atoms with Crippen LogP contribution in [-0.4, -0.2) is 70.3 Å². The molecular weight excluding hydrogens is 538 g/mol. The van der Waals surface area contributed by atoms with Crippen molar-refractivity contribution < 1.29 is 29.1 Å². The third kappa shape index (κ3) is 3.73. The molecule has 3 aliphatic rings. The van der Waals surface area contributed by atoms with Crippen molar-refractivity contribution in [1.29, 1.82) is 5.26 Å². The Kier molecular flexibility index (Phi) is 6.58. The van der Waals surface area contributed by atoms with E-state index in [0.717, 1.165) is 11.1 Å². The van der Waals surface area contributed by atoms with Gasteiger partial charge in [0.2, 0.25) is 5.91 Å². The van der Waals surface area contributed by atoms with Crippen LogP contribution in [-0.2, 0) is 25.6 Å². The van der Waals surface area contributed by atoms with Gasteiger partial charge in [-0.1, -0.05) is 48.0 Å². The first-order valence-corrected chi connectivity index (χ1v) is 13.4. The van der Waals surface area contributed by atoms with Gasteiger partial charge in [-0.3, -0.25) is 28.9 Å². The summed E-state index contributed by atoms with van der Waals surface area (Å²) < 4.78 is 0. The van der Waals surface area contributed by atoms with Crippen molar-refractivity contribution in [3.63, 3.8) is 0 Å². The zero-order valence-corrected chi connectivity index (χ0v) is 23.4. The maximum absolute atomic E-state index is 14.4. The minimum atomic E-state index is -2.77. The van der Waals surface area contributed by atoms with Gasteiger partial charge in [-0.25, -0.2) is 0 Å². The molecule has 2 aromatic rings. The van der Waals surface area contributed by atoms with Crippen LogP contribution in [0, 0.1) is 35.5 Å². The number of hydrogen-bond acceptors (Lipinski definition) is 10. The van der Waals surface area contributed by atoms with Gasteiger partial charge in [0.05, 0.1) is 23.2 Å². The number of Topliss-reactive ketones (excluding diaryl/α,β-unsaturated/α-hetero) is 4. The van der Waals surface area contributed by atoms with Crippen LogP contribution in [0.25, 0.3) is 12.2 Å². The molecule has 0 bridgehead atoms. The summed E-state index contributed by atoms with van der Waals surface area (Å²) in [6, 6.07) is 10.9. The molecule has 0 spiro atoms. The summed E-state index contributed by atoms with van der Waals surface area (Å²) in [7, 11) is 2.92. The van der Waals surface area contributed by atoms with E-state index in [1.54, 1.807) is 18.2 Å². The molecule has 1 amide bonds. The highest BCUT2D eigenvalue weighted by molar-refractivity contribution is 6.33. The molecule has 0 aliphatic heterocycles. The molecular formula is C31H31N5O6. The van der Waals surface area contributed by atoms with E-state index >= 15 is 0 Å². The highest BCUT2D eigenvalue weighted by Gasteiger charge is 2.78. The third-order valence-electron chi connectivity index (χ3n) is 9.04. The Hall–Kier alpha value is -4.50. The smallest absolute Gasteiger partial charge is 0.235 e. The number of primary amides is 1. The predicted octanol–water partition coefficient (Wildman–Crippen LogP) is 0.287. The third-order valence-corrected chi connectivity index (χ3v) is 9.04. The molecule has 2 saturated carbocycles. The zero-order chi connectivity index (χ0) is 30.9. The SMILES string of the molecule is Cc1ccc(/C=C/c2ccc(O)c3c2C[C@@]2(N)C[C@@]4(N)[C@H](N(C)C)C(=O)C(C(N)=O)C(=O)[C@@]4(C#N)C(=O)C2C3=O)cc1. The summed E-state index contributed by atoms with van der Waals surface area (Å²) in [6.07, 6.45) is 3.00. The molecule has 5 rings (SSSR count). The number of nitriles is 1. The number of benzene rings is 2. The van der Waals surface area contributed by atoms with Gasteiger partial charge in [-0.15, -0.1) is 0 Å². The van der Waals surface area contributed by atoms with Gasteiger partial charge in [0, 0.05) is 5.54 Å². The van der Waals surface area contributed by atoms with Gasteiger partial charge in [-0.05, 0) is 56.6 Å². The predicted molar refractivity (Wildman–Crippen MR) is 151 cm³/mol. The van der Waals surface area contributed by atoms with E-state index in [-0.39, 0.29) is 17.7 Å². The second kappa shape index (κ2) is 9.52. The Balaban J connectivity index is 1.70. The van der Waals surface area contributed by atoms with Gasteiger partial charge in [0.15, 0.2) is 34.5 Å². The van der Waals surface area contributed by atoms with E-state index in [9.17, 15) is 34.3 Å². The lowest BCUT2D eigenvalue weighted by atomic mass is 9.42. The molecule has 11 nitrogen and oxygen atoms in total. The average molecular weight is 570 g/mol. The molecule has 0 radical (unpaired) electrons. The number of ketones is 4. The second-order valence-corrected chi connectivity index (χ2v) is 11.9. The largest absolute Gasteiger partial charge is 0.507 e. The molecule has 7 N–H and O–H groups in total. The number of aromatic hydroxyl groups is 1. The summed E-state index contributed by atoms with van der Waals surface area (Å²) in [5.74, 6) is -9.95. The van der Waals surface area contributed by atoms with Gasteiger partial charge < -0.3 is 22.3 Å². The number of likely N-dealkylation sites (N-methyl/N-ethyl adjacent to an activating group) is 1. The number of aryl methyl sites for hydroxylation is 1. The Morgan fingerprint density at radius 3 is 2.26 bits per heavy atom. The van der Waals surface area contributed by atoms with Crippen molar-refractivity contribution in [3.8, 4) is 11.8 Å². The van der Waals surface area contributed by atoms with Gasteiger partial charge in [-0.2, -0.15) is 5.26 Å². The average Bonchev–Trinajstić information content (AvgIpc) is 2.88. The molecule has 0 saturated heterocycles. The normalized spacial score (nSPS) is 32.4. The number of carbonyl (C=O) groups excluding carboxylic acids is 5. The van der Waals surface area contributed by atoms with Crippen LogP contribution in [0.1, 0.15) is 39.0 Å². The molecule has 216 valence electrons. The van der Waals surface area contributed by atoms with E-state index < -0.39 is 69.8 Å². The van der Waals surface area contributed by atoms with E-state index in [4.69, 9.17) is 17.2 Å². The lowest BCUT2D eigenvalue weighted by Crippen LogP contribution is -2.85. The monoisotopic (exact) mass is 569 g/mol. The summed E-state index contributed by atoms with van der Waals surface area (Å²) in [5.41, 5.74) is 15.2. The number of fused-ring (bicyclic) bond motifs is 3. The summed E-state index contributed by atoms with van der Waals surface area (Å²) in [5, 5.41) is 21.2. The molecule has 11 heteroatoms. The number of hydrogen-bond donors (Lipinski definition) is 4. The number of phenols is 1. The van der Waals surface area contributed by atoms with Crippen LogP contribution >= 0.6 is 0 Å². The van der Waals surface area contributed by atoms with E-state index in [0.29, 0.717) is 11.1 Å². The molecule has 2 fully saturated rings. The standard InChI is InChI=1S/C31H31N5O6/c1-15-4-6-16(7-5-15)8-9-17-10-11-19(37)20-18(17)12-29(34)13-31(35)25(36(2)3)24(39)21(28(33)42)26(40)30(31,14-32)27(41)22(29)23(20)38/h4-11,21-22,25,37H,12-13,34-35H2,1-3H3,(H2,33,42)/b9-8+/t21?,22?,25-,29-,30+,31-/m1/s1. The summed E-state index contributed by atoms with van der Waals surface area (Å²) in [6.45, 7) is 1.96. The fourth-order valence-corrected chi connectivity index (χ4v) is 7.25. The Morgan fingerprint density at radius 2 is 1.69 bits per heavy atom. The van der Waals surface area contributed by atoms with Gasteiger partial charge in [0.1, 0.15) is 11.7 Å². The van der Waals surface area contributed by atoms with Crippen LogP contribution < -0.4 is 17.2 Å². The first kappa shape index (κ1) is 29.0. The van der Waals surface area contributed by atoms with E-state index in [2.05, 4.69) is 0 Å². The highest BCUT2D eigenvalue weighted by atomic mass is 16.3. The Morgan fingerprint density at radius 1 is 1.05 bits per heavy atom. The van der Waals surface area contributed by atoms with Crippen LogP contribution in [0.5, 0.6) is 5.75 Å². The number of amides is 1. The van der Waals surface area contributed by atoms with Crippen molar-refractivity contribution in [2.45, 2.75) is 36.9 Å². The lowest BCUT2D eigenvalue weighted by molar-refractivity contribution is -0.166. The fraction of sp³-hybridized carbons (Fsp3) is 0.355. The Labute approximate surface area is 241 Å². The first-order valence-electron chi connectivity index (χ1n) is 13.4. The first-order chi connectivity index (χ1) is 19.6. The molecule has 3 aliphatic carbocycles. The molecule has 6 atom stereocenters. The maximum Gasteiger partial charge on any atom is 0.235 e. The van der Waals surface area contributed by atoms with Crippen molar-refractivity contribution >= 4 is 41.2 Å². The van der Waals surface area contributed by atoms with Crippen LogP contribution in [0.4, 0.5) is 0 Å². The Bertz CT molecular complexity index is 1660. The quantitative estimate of drug-likeness (QED) is 0.292. The minimum absolute atomic E-state index is 0.130. The van der Waals surface area contributed by atoms with Crippen molar-refractivity contribution in [1.82, 2.24) is 4.90 Å². The van der Waals surface area contributed by atoms with Crippen molar-refractivity contribution in [3.05, 3.63) is 64.2 Å². The minimum Gasteiger partial charge on any atom is -0.507 e. The molecule has 0 aromatic heterocycles. The number of phenolic OH excluding ortho intramolecular Hbond substituents is 1. The topological polar surface area (TPSA) is 211 Å². The lowest BCUT2D eigenvalue weighted by Gasteiger charge is -2.60. The summed E-state index contributed by atoms with van der Waals surface area (Å²) >= 11 is 0. The van der Waals surface area contributed by atoms with Crippen molar-refractivity contribution in [2.75, 3.05) is 14.1 Å². The number of rotatable bonds is 4. The van der Waals surface area contributed by atoms with Crippen LogP contribution in [0.3, 0.4) is 0 Å². The molecule has 2 aromatic carbocycles. The maximum atomic E-state index is 14.4. The summed E-state index contributed by atoms with van der Waals surface area (Å²) in [4.78, 5) is 69.3. The van der Waals surface area contributed by atoms with Gasteiger partial charge in [0.25, 0.3) is 0 Å². The zero-order valence-electron chi connectivity index (χ0n) is 23.4. The number of nitrogens with zero attached hydrogens (tertiary/aromatic N) is 2. The number of carbonyl (C=O) groups is 5. The second-order valence-electron chi connectivity index (χ2n) is 11.9. The van der Waals surface area contributed by atoms with E-state index in [1.165, 1.54) is 25.1 Å². The molecule has 0 heterocycles. The highest BCUT2D eigenvalue weighted by Crippen LogP contribution is 2.56. The van der Waals surface area contributed by atoms with Gasteiger partial charge >= 0.3 is 0 Å². The number of nitrogens with two attached hydrogens (primary N) is 3. The molecule has 42 heavy (non-hydrogen) atoms. The van der Waals surface area contributed by atoms with Crippen molar-refractivity contribution in [2.24, 2.45) is 34.5 Å². The fourth-order valence-electron chi connectivity index (χ4n) is 7.25. The van der Waals surface area contributed by atoms with Crippen LogP contribution in [0.15, 0.2) is 36.4 Å². The van der Waals surface area contributed by atoms with E-state index in [1.807, 2.05) is 37.3 Å².